The summed E-state index contributed by atoms with van der Waals surface area (Å²) in [6, 6.07) is 12.1. The van der Waals surface area contributed by atoms with E-state index in [1.165, 1.54) is 5.56 Å². The molecule has 0 bridgehead atoms. The van der Waals surface area contributed by atoms with Crippen molar-refractivity contribution in [3.05, 3.63) is 70.0 Å². The van der Waals surface area contributed by atoms with Gasteiger partial charge in [0, 0.05) is 30.7 Å². The summed E-state index contributed by atoms with van der Waals surface area (Å²) < 4.78 is 0.905. The van der Waals surface area contributed by atoms with Gasteiger partial charge in [0.05, 0.1) is 4.47 Å². The van der Waals surface area contributed by atoms with Crippen LogP contribution in [0.4, 0.5) is 5.82 Å². The number of aryl methyl sites for hydroxylation is 1. The molecule has 0 spiro atoms. The molecule has 1 atom stereocenters. The van der Waals surface area contributed by atoms with E-state index in [-0.39, 0.29) is 11.7 Å². The van der Waals surface area contributed by atoms with E-state index in [1.54, 1.807) is 0 Å². The van der Waals surface area contributed by atoms with Crippen molar-refractivity contribution < 1.29 is 4.79 Å². The molecule has 1 aliphatic rings. The Morgan fingerprint density at radius 2 is 2.05 bits per heavy atom. The van der Waals surface area contributed by atoms with Gasteiger partial charge in [0.25, 0.3) is 0 Å². The highest BCUT2D eigenvalue weighted by molar-refractivity contribution is 9.10. The summed E-state index contributed by atoms with van der Waals surface area (Å²) in [6.07, 6.45) is 4.96. The average Bonchev–Trinajstić information content (AvgIpc) is 2.50. The van der Waals surface area contributed by atoms with Gasteiger partial charge < -0.3 is 5.32 Å². The lowest BCUT2D eigenvalue weighted by Gasteiger charge is -2.22. The van der Waals surface area contributed by atoms with Crippen LogP contribution in [0.1, 0.15) is 29.9 Å². The Balaban J connectivity index is 1.86. The topological polar surface area (TPSA) is 42.0 Å². The van der Waals surface area contributed by atoms with Crippen LogP contribution in [0.15, 0.2) is 58.8 Å². The fourth-order valence-corrected chi connectivity index (χ4v) is 3.23. The third-order valence-electron chi connectivity index (χ3n) is 3.72. The lowest BCUT2D eigenvalue weighted by Crippen LogP contribution is -2.17. The van der Waals surface area contributed by atoms with Crippen LogP contribution >= 0.6 is 15.9 Å². The molecule has 0 aliphatic heterocycles. The maximum Gasteiger partial charge on any atom is 0.144 e. The number of carbonyl (C=O) groups is 1. The zero-order chi connectivity index (χ0) is 15.5. The van der Waals surface area contributed by atoms with Gasteiger partial charge in [-0.3, -0.25) is 4.79 Å². The molecule has 3 nitrogen and oxygen atoms in total. The van der Waals surface area contributed by atoms with Gasteiger partial charge in [-0.15, -0.1) is 0 Å². The number of nitrogens with one attached hydrogen (secondary N) is 1. The van der Waals surface area contributed by atoms with Gasteiger partial charge in [-0.05, 0) is 40.0 Å². The second-order valence-corrected chi connectivity index (χ2v) is 6.45. The Labute approximate surface area is 138 Å². The number of rotatable bonds is 3. The molecular formula is C18H17BrN2O. The molecule has 0 amide bonds. The Morgan fingerprint density at radius 1 is 1.27 bits per heavy atom. The number of benzene rings is 1. The molecule has 0 radical (unpaired) electrons. The molecule has 0 saturated carbocycles. The molecule has 112 valence electrons. The van der Waals surface area contributed by atoms with Crippen LogP contribution in [0.5, 0.6) is 0 Å². The molecule has 1 unspecified atom stereocenters. The maximum absolute atomic E-state index is 12.1. The van der Waals surface area contributed by atoms with Crippen LogP contribution in [0.25, 0.3) is 0 Å². The quantitative estimate of drug-likeness (QED) is 0.873. The Morgan fingerprint density at radius 3 is 2.77 bits per heavy atom. The summed E-state index contributed by atoms with van der Waals surface area (Å²) in [4.78, 5) is 16.5. The maximum atomic E-state index is 12.1. The fraction of sp³-hybridized carbons (Fsp3) is 0.222. The molecule has 3 rings (SSSR count). The molecule has 22 heavy (non-hydrogen) atoms. The third kappa shape index (κ3) is 3.45. The molecule has 0 saturated heterocycles. The second-order valence-electron chi connectivity index (χ2n) is 5.60. The van der Waals surface area contributed by atoms with E-state index in [0.717, 1.165) is 21.6 Å². The molecule has 1 aliphatic carbocycles. The van der Waals surface area contributed by atoms with Gasteiger partial charge in [0.15, 0.2) is 0 Å². The molecular weight excluding hydrogens is 340 g/mol. The van der Waals surface area contributed by atoms with Gasteiger partial charge in [-0.1, -0.05) is 36.4 Å². The number of aromatic nitrogens is 1. The number of pyridine rings is 1. The van der Waals surface area contributed by atoms with Crippen molar-refractivity contribution in [3.8, 4) is 0 Å². The number of nitrogens with zero attached hydrogens (tertiary/aromatic N) is 1. The minimum atomic E-state index is 0.133. The average molecular weight is 357 g/mol. The van der Waals surface area contributed by atoms with Crippen molar-refractivity contribution in [1.82, 2.24) is 4.98 Å². The highest BCUT2D eigenvalue weighted by Crippen LogP contribution is 2.31. The van der Waals surface area contributed by atoms with E-state index in [1.807, 2.05) is 37.4 Å². The lowest BCUT2D eigenvalue weighted by atomic mass is 9.87. The number of carbonyl (C=O) groups excluding carboxylic acids is 1. The highest BCUT2D eigenvalue weighted by atomic mass is 79.9. The normalized spacial score (nSPS) is 18.0. The number of halogens is 1. The predicted octanol–water partition coefficient (Wildman–Crippen LogP) is 4.60. The number of hydrogen-bond donors (Lipinski definition) is 1. The predicted molar refractivity (Wildman–Crippen MR) is 91.8 cm³/mol. The van der Waals surface area contributed by atoms with Crippen molar-refractivity contribution in [2.24, 2.45) is 0 Å². The van der Waals surface area contributed by atoms with Crippen LogP contribution < -0.4 is 5.32 Å². The first-order chi connectivity index (χ1) is 10.6. The minimum Gasteiger partial charge on any atom is -0.343 e. The van der Waals surface area contributed by atoms with Crippen molar-refractivity contribution in [2.45, 2.75) is 25.7 Å². The number of anilines is 1. The molecule has 1 N–H and O–H groups in total. The van der Waals surface area contributed by atoms with E-state index in [0.29, 0.717) is 12.8 Å². The van der Waals surface area contributed by atoms with E-state index < -0.39 is 0 Å². The van der Waals surface area contributed by atoms with Gasteiger partial charge in [0.2, 0.25) is 0 Å². The summed E-state index contributed by atoms with van der Waals surface area (Å²) in [6.45, 7) is 2.00. The van der Waals surface area contributed by atoms with Gasteiger partial charge in [-0.2, -0.15) is 0 Å². The number of allylic oxidation sites excluding steroid dienone is 2. The summed E-state index contributed by atoms with van der Waals surface area (Å²) in [5, 5.41) is 3.29. The lowest BCUT2D eigenvalue weighted by molar-refractivity contribution is -0.118. The first kappa shape index (κ1) is 15.0. The molecule has 4 heteroatoms. The Bertz CT molecular complexity index is 725. The van der Waals surface area contributed by atoms with Crippen LogP contribution in [-0.2, 0) is 4.79 Å². The molecule has 1 aromatic carbocycles. The van der Waals surface area contributed by atoms with Crippen LogP contribution in [0.2, 0.25) is 0 Å². The molecule has 1 heterocycles. The minimum absolute atomic E-state index is 0.133. The first-order valence-electron chi connectivity index (χ1n) is 7.28. The van der Waals surface area contributed by atoms with Crippen molar-refractivity contribution >= 4 is 27.5 Å². The van der Waals surface area contributed by atoms with Crippen molar-refractivity contribution in [1.29, 1.82) is 0 Å². The monoisotopic (exact) mass is 356 g/mol. The van der Waals surface area contributed by atoms with E-state index >= 15 is 0 Å². The smallest absolute Gasteiger partial charge is 0.144 e. The van der Waals surface area contributed by atoms with Crippen molar-refractivity contribution in [3.63, 3.8) is 0 Å². The van der Waals surface area contributed by atoms with E-state index in [2.05, 4.69) is 44.4 Å². The summed E-state index contributed by atoms with van der Waals surface area (Å²) >= 11 is 3.51. The van der Waals surface area contributed by atoms with Gasteiger partial charge in [0.1, 0.15) is 11.6 Å². The van der Waals surface area contributed by atoms with Gasteiger partial charge >= 0.3 is 0 Å². The zero-order valence-electron chi connectivity index (χ0n) is 12.3. The number of ketones is 1. The number of hydrogen-bond acceptors (Lipinski definition) is 3. The summed E-state index contributed by atoms with van der Waals surface area (Å²) in [5.41, 5.74) is 3.18. The second kappa shape index (κ2) is 6.44. The molecule has 1 aromatic heterocycles. The van der Waals surface area contributed by atoms with Crippen LogP contribution in [0, 0.1) is 6.92 Å². The summed E-state index contributed by atoms with van der Waals surface area (Å²) in [7, 11) is 0. The number of Topliss-reactive ketones (excluding diaryl/α,β-unsaturated/α-hetero) is 1. The van der Waals surface area contributed by atoms with Crippen LogP contribution in [0.3, 0.4) is 0 Å². The van der Waals surface area contributed by atoms with E-state index in [9.17, 15) is 4.79 Å². The highest BCUT2D eigenvalue weighted by Gasteiger charge is 2.21. The summed E-state index contributed by atoms with van der Waals surface area (Å²) in [5.74, 6) is 1.13. The first-order valence-corrected chi connectivity index (χ1v) is 8.07. The SMILES string of the molecule is Cc1cnc(NC2=CC(c3ccccc3)CC(=O)C2)c(Br)c1. The standard InChI is InChI=1S/C18H17BrN2O/c1-12-7-17(19)18(20-11-12)21-15-8-14(9-16(22)10-15)13-5-3-2-4-6-13/h2-8,11,14H,9-10H2,1H3,(H,20,21). The van der Waals surface area contributed by atoms with Crippen LogP contribution in [-0.4, -0.2) is 10.8 Å². The molecule has 2 aromatic rings. The Kier molecular flexibility index (Phi) is 4.39. The molecule has 0 fully saturated rings. The fourth-order valence-electron chi connectivity index (χ4n) is 2.67. The van der Waals surface area contributed by atoms with E-state index in [4.69, 9.17) is 0 Å². The van der Waals surface area contributed by atoms with Gasteiger partial charge in [-0.25, -0.2) is 4.98 Å². The van der Waals surface area contributed by atoms with Crippen molar-refractivity contribution in [2.75, 3.05) is 5.32 Å². The largest absolute Gasteiger partial charge is 0.343 e. The third-order valence-corrected chi connectivity index (χ3v) is 4.33. The zero-order valence-corrected chi connectivity index (χ0v) is 13.9. The Hall–Kier alpha value is -1.94.